The van der Waals surface area contributed by atoms with Crippen LogP contribution >= 0.6 is 0 Å². The van der Waals surface area contributed by atoms with Crippen molar-refractivity contribution in [1.82, 2.24) is 16.0 Å². The first-order valence-electron chi connectivity index (χ1n) is 19.6. The lowest BCUT2D eigenvalue weighted by atomic mass is 9.60. The van der Waals surface area contributed by atoms with Crippen molar-refractivity contribution in [1.29, 1.82) is 0 Å². The Morgan fingerprint density at radius 2 is 1.82 bits per heavy atom. The Hall–Kier alpha value is -2.81. The molecule has 3 aromatic rings. The summed E-state index contributed by atoms with van der Waals surface area (Å²) < 4.78 is 0. The number of aliphatic hydroxyl groups is 2. The number of nitrogens with one attached hydrogen (secondary N) is 3. The Labute approximate surface area is 297 Å². The van der Waals surface area contributed by atoms with E-state index in [0.717, 1.165) is 70.8 Å². The third kappa shape index (κ3) is 6.77. The predicted molar refractivity (Wildman–Crippen MR) is 199 cm³/mol. The molecule has 5 aliphatic heterocycles. The number of fused-ring (bicyclic) bond motifs is 1. The maximum Gasteiger partial charge on any atom is 0.306 e. The van der Waals surface area contributed by atoms with Crippen molar-refractivity contribution in [3.8, 4) is 0 Å². The normalized spacial score (nSPS) is 37.0. The highest BCUT2D eigenvalue weighted by atomic mass is 16.4. The van der Waals surface area contributed by atoms with Crippen LogP contribution in [0.15, 0.2) is 54.6 Å². The summed E-state index contributed by atoms with van der Waals surface area (Å²) >= 11 is 0. The minimum atomic E-state index is -1.32. The number of carboxylic acids is 1. The number of benzene rings is 3. The molecule has 5 heterocycles. The lowest BCUT2D eigenvalue weighted by molar-refractivity contribution is -0.143. The molecule has 10 rings (SSSR count). The van der Waals surface area contributed by atoms with E-state index in [1.807, 2.05) is 0 Å². The van der Waals surface area contributed by atoms with Gasteiger partial charge >= 0.3 is 5.97 Å². The van der Waals surface area contributed by atoms with E-state index in [9.17, 15) is 20.1 Å². The fourth-order valence-electron chi connectivity index (χ4n) is 11.0. The number of β-amino-alcohol motifs (C(OH)–C–C–N with tert-alkyl or cyclic N) is 1. The van der Waals surface area contributed by atoms with Gasteiger partial charge in [0.05, 0.1) is 18.1 Å². The first-order chi connectivity index (χ1) is 24.1. The second kappa shape index (κ2) is 13.6. The molecule has 268 valence electrons. The average molecular weight is 680 g/mol. The van der Waals surface area contributed by atoms with Crippen molar-refractivity contribution >= 4 is 16.7 Å². The fourth-order valence-corrected chi connectivity index (χ4v) is 11.0. The standard InChI is InChI=1S/C43H57N3O4/c1-26-37(47)14-12-33(46-26)11-9-31-22-32-21-29-15-16-43(50,24-38(48)49)25-45-42(2)17-18-44-34(23-42)20-27-5-3-7-30(19-27)39(31)36-13-10-28-6-4-8-35(29)40(28)41(32)36/h3-8,10,13,19,26,29,31-34,37,39,44-47,50H,9,11-12,14-18,20-25H2,1-2H3,(H,48,49)/t26-,29-,31-,32-,33+,34-,37+,39+,42-,43+/m0/s1. The van der Waals surface area contributed by atoms with Gasteiger partial charge in [0, 0.05) is 36.1 Å². The summed E-state index contributed by atoms with van der Waals surface area (Å²) in [7, 11) is 0. The van der Waals surface area contributed by atoms with E-state index >= 15 is 0 Å². The molecule has 7 aliphatic rings. The topological polar surface area (TPSA) is 114 Å². The summed E-state index contributed by atoms with van der Waals surface area (Å²) in [6.07, 6.45) is 9.85. The highest BCUT2D eigenvalue weighted by molar-refractivity contribution is 5.92. The van der Waals surface area contributed by atoms with Crippen molar-refractivity contribution in [2.24, 2.45) is 5.92 Å². The van der Waals surface area contributed by atoms with Crippen LogP contribution in [-0.2, 0) is 11.2 Å². The SMILES string of the molecule is C[C@@H]1N[C@H](CC[C@H]2C[C@@H]3C[C@@H]4CC[C@@](O)(CC(=O)O)CN[C@@]5(C)CCN[C@@H](Cc6cccc(c6)[C@H]2c2ccc6cccc4c6c23)C5)CC[C@H]1O. The van der Waals surface area contributed by atoms with Crippen LogP contribution in [0.2, 0.25) is 0 Å². The maximum absolute atomic E-state index is 12.1. The highest BCUT2D eigenvalue weighted by Gasteiger charge is 2.43. The van der Waals surface area contributed by atoms with Crippen LogP contribution in [0.5, 0.6) is 0 Å². The van der Waals surface area contributed by atoms with Crippen LogP contribution < -0.4 is 16.0 Å². The molecule has 0 saturated carbocycles. The second-order valence-electron chi connectivity index (χ2n) is 17.3. The van der Waals surface area contributed by atoms with Gasteiger partial charge in [-0.15, -0.1) is 0 Å². The zero-order valence-corrected chi connectivity index (χ0v) is 30.0. The van der Waals surface area contributed by atoms with Gasteiger partial charge in [-0.25, -0.2) is 0 Å². The lowest BCUT2D eigenvalue weighted by Gasteiger charge is -2.45. The van der Waals surface area contributed by atoms with Gasteiger partial charge in [0.15, 0.2) is 0 Å². The molecule has 2 fully saturated rings. The molecule has 10 atom stereocenters. The van der Waals surface area contributed by atoms with Gasteiger partial charge in [0.25, 0.3) is 0 Å². The van der Waals surface area contributed by atoms with Crippen LogP contribution in [0, 0.1) is 5.92 Å². The van der Waals surface area contributed by atoms with E-state index in [4.69, 9.17) is 0 Å². The minimum Gasteiger partial charge on any atom is -0.481 e. The van der Waals surface area contributed by atoms with Crippen LogP contribution in [0.3, 0.4) is 0 Å². The van der Waals surface area contributed by atoms with Gasteiger partial charge in [-0.05, 0) is 147 Å². The molecule has 0 unspecified atom stereocenters. The van der Waals surface area contributed by atoms with Crippen molar-refractivity contribution in [3.63, 3.8) is 0 Å². The Morgan fingerprint density at radius 1 is 0.960 bits per heavy atom. The van der Waals surface area contributed by atoms with E-state index in [-0.39, 0.29) is 36.6 Å². The maximum atomic E-state index is 12.1. The predicted octanol–water partition coefficient (Wildman–Crippen LogP) is 6.49. The first kappa shape index (κ1) is 34.3. The summed E-state index contributed by atoms with van der Waals surface area (Å²) in [4.78, 5) is 12.1. The van der Waals surface area contributed by atoms with Gasteiger partial charge in [0.2, 0.25) is 0 Å². The lowest BCUT2D eigenvalue weighted by Crippen LogP contribution is -2.58. The molecule has 10 bridgehead atoms. The number of hydrogen-bond acceptors (Lipinski definition) is 6. The molecule has 7 nitrogen and oxygen atoms in total. The Kier molecular flexibility index (Phi) is 9.35. The average Bonchev–Trinajstić information content (AvgIpc) is 3.09. The summed E-state index contributed by atoms with van der Waals surface area (Å²) in [5, 5.41) is 46.3. The van der Waals surface area contributed by atoms with Gasteiger partial charge in [-0.3, -0.25) is 4.79 Å². The smallest absolute Gasteiger partial charge is 0.306 e. The van der Waals surface area contributed by atoms with Crippen molar-refractivity contribution in [2.45, 2.75) is 144 Å². The first-order valence-corrected chi connectivity index (χ1v) is 19.6. The van der Waals surface area contributed by atoms with Gasteiger partial charge < -0.3 is 31.3 Å². The van der Waals surface area contributed by atoms with E-state index in [1.165, 1.54) is 33.0 Å². The molecule has 0 radical (unpaired) electrons. The molecule has 0 aromatic heterocycles. The molecule has 0 amide bonds. The number of hydrogen-bond donors (Lipinski definition) is 6. The number of rotatable bonds is 5. The summed E-state index contributed by atoms with van der Waals surface area (Å²) in [5.74, 6) is 0.589. The van der Waals surface area contributed by atoms with E-state index in [2.05, 4.69) is 84.4 Å². The highest BCUT2D eigenvalue weighted by Crippen LogP contribution is 2.56. The molecule has 0 spiro atoms. The number of piperidine rings is 2. The van der Waals surface area contributed by atoms with Gasteiger partial charge in [-0.2, -0.15) is 0 Å². The Balaban J connectivity index is 1.22. The zero-order valence-electron chi connectivity index (χ0n) is 30.0. The number of aliphatic hydroxyl groups excluding tert-OH is 1. The number of carbonyl (C=O) groups is 1. The van der Waals surface area contributed by atoms with E-state index < -0.39 is 11.6 Å². The molecule has 2 aliphatic carbocycles. The van der Waals surface area contributed by atoms with Gasteiger partial charge in [-0.1, -0.05) is 54.6 Å². The van der Waals surface area contributed by atoms with Crippen molar-refractivity contribution in [2.75, 3.05) is 13.1 Å². The fraction of sp³-hybridized carbons (Fsp3) is 0.605. The van der Waals surface area contributed by atoms with Crippen LogP contribution in [0.25, 0.3) is 10.8 Å². The second-order valence-corrected chi connectivity index (χ2v) is 17.3. The van der Waals surface area contributed by atoms with Crippen LogP contribution in [-0.4, -0.2) is 69.7 Å². The molecule has 2 saturated heterocycles. The third-order valence-electron chi connectivity index (χ3n) is 13.6. The molecule has 3 aromatic carbocycles. The summed E-state index contributed by atoms with van der Waals surface area (Å²) in [6, 6.07) is 21.9. The quantitative estimate of drug-likeness (QED) is 0.183. The van der Waals surface area contributed by atoms with E-state index in [1.54, 1.807) is 5.56 Å². The Morgan fingerprint density at radius 3 is 2.66 bits per heavy atom. The van der Waals surface area contributed by atoms with Crippen molar-refractivity contribution in [3.05, 3.63) is 82.4 Å². The largest absolute Gasteiger partial charge is 0.481 e. The van der Waals surface area contributed by atoms with Crippen LogP contribution in [0.4, 0.5) is 0 Å². The minimum absolute atomic E-state index is 0.134. The molecule has 50 heavy (non-hydrogen) atoms. The number of aliphatic carboxylic acids is 1. The summed E-state index contributed by atoms with van der Waals surface area (Å²) in [6.45, 7) is 5.54. The number of carboxylic acid groups (broad SMARTS) is 1. The third-order valence-corrected chi connectivity index (χ3v) is 13.6. The molecular formula is C43H57N3O4. The van der Waals surface area contributed by atoms with Crippen molar-refractivity contribution < 1.29 is 20.1 Å². The summed E-state index contributed by atoms with van der Waals surface area (Å²) in [5.41, 5.74) is 5.72. The Bertz CT molecular complexity index is 1730. The van der Waals surface area contributed by atoms with Crippen LogP contribution in [0.1, 0.15) is 130 Å². The monoisotopic (exact) mass is 679 g/mol. The molecule has 7 heteroatoms. The van der Waals surface area contributed by atoms with Gasteiger partial charge in [0.1, 0.15) is 0 Å². The zero-order chi connectivity index (χ0) is 34.6. The molecule has 6 N–H and O–H groups in total. The molecular weight excluding hydrogens is 622 g/mol. The van der Waals surface area contributed by atoms with E-state index in [0.29, 0.717) is 36.3 Å².